The van der Waals surface area contributed by atoms with Crippen LogP contribution in [0.25, 0.3) is 0 Å². The average molecular weight is 176 g/mol. The topological polar surface area (TPSA) is 112 Å². The molecule has 2 unspecified atom stereocenters. The van der Waals surface area contributed by atoms with E-state index in [1.54, 1.807) is 0 Å². The van der Waals surface area contributed by atoms with Gasteiger partial charge in [-0.2, -0.15) is 8.42 Å². The van der Waals surface area contributed by atoms with E-state index in [1.807, 2.05) is 0 Å². The Morgan fingerprint density at radius 1 is 1.44 bits per heavy atom. The molecule has 0 aromatic carbocycles. The van der Waals surface area contributed by atoms with Crippen molar-refractivity contribution in [1.29, 1.82) is 0 Å². The van der Waals surface area contributed by atoms with Crippen LogP contribution < -0.4 is 0 Å². The highest BCUT2D eigenvalue weighted by Crippen LogP contribution is 1.96. The van der Waals surface area contributed by atoms with Crippen LogP contribution >= 0.6 is 0 Å². The molecule has 6 nitrogen and oxygen atoms in total. The molecule has 0 aliphatic rings. The summed E-state index contributed by atoms with van der Waals surface area (Å²) in [5.41, 5.74) is 0. The van der Waals surface area contributed by atoms with E-state index in [4.69, 9.17) is 14.2 Å². The summed E-state index contributed by atoms with van der Waals surface area (Å²) in [5, 5.41) is 8.07. The molecule has 0 rings (SSSR count). The molecule has 3 N–H and O–H groups in total. The summed E-state index contributed by atoms with van der Waals surface area (Å²) in [6.07, 6.45) is 0. The Labute approximate surface area is 53.5 Å². The van der Waals surface area contributed by atoms with Crippen LogP contribution in [-0.2, 0) is 21.2 Å². The van der Waals surface area contributed by atoms with Crippen LogP contribution in [0.2, 0.25) is 0 Å². The first-order chi connectivity index (χ1) is 3.85. The molecule has 0 amide bonds. The lowest BCUT2D eigenvalue weighted by atomic mass is 11.7. The minimum atomic E-state index is -4.80. The third-order valence-corrected chi connectivity index (χ3v) is 2.51. The van der Waals surface area contributed by atoms with Crippen LogP contribution in [0.3, 0.4) is 0 Å². The first-order valence-corrected chi connectivity index (χ1v) is 4.27. The zero-order chi connectivity index (χ0) is 7.65. The van der Waals surface area contributed by atoms with Crippen molar-refractivity contribution in [3.05, 3.63) is 0 Å². The van der Waals surface area contributed by atoms with Gasteiger partial charge in [-0.15, -0.1) is 0 Å². The Morgan fingerprint density at radius 2 is 1.78 bits per heavy atom. The van der Waals surface area contributed by atoms with Crippen molar-refractivity contribution >= 4 is 21.2 Å². The number of hydrogen-bond donors (Lipinski definition) is 3. The highest BCUT2D eigenvalue weighted by Gasteiger charge is 2.25. The SMILES string of the molecule is O=S(O)C(O)S(=O)(=O)O. The Hall–Kier alpha value is -0.0200. The summed E-state index contributed by atoms with van der Waals surface area (Å²) in [5.74, 6) is 0. The number of aliphatic hydroxyl groups is 1. The predicted octanol–water partition coefficient (Wildman–Crippen LogP) is -1.63. The van der Waals surface area contributed by atoms with E-state index in [0.717, 1.165) is 0 Å². The van der Waals surface area contributed by atoms with E-state index >= 15 is 0 Å². The summed E-state index contributed by atoms with van der Waals surface area (Å²) >= 11 is -2.96. The lowest BCUT2D eigenvalue weighted by molar-refractivity contribution is 0.292. The molecule has 0 aliphatic heterocycles. The zero-order valence-corrected chi connectivity index (χ0v) is 5.59. The van der Waals surface area contributed by atoms with E-state index in [-0.39, 0.29) is 0 Å². The van der Waals surface area contributed by atoms with Gasteiger partial charge in [-0.1, -0.05) is 0 Å². The van der Waals surface area contributed by atoms with Gasteiger partial charge in [-0.05, 0) is 0 Å². The maximum Gasteiger partial charge on any atom is 0.307 e. The summed E-state index contributed by atoms with van der Waals surface area (Å²) in [6, 6.07) is 0. The lowest BCUT2D eigenvalue weighted by Crippen LogP contribution is -2.24. The van der Waals surface area contributed by atoms with Crippen molar-refractivity contribution in [2.24, 2.45) is 0 Å². The van der Waals surface area contributed by atoms with Crippen LogP contribution in [0.1, 0.15) is 0 Å². The second-order valence-electron chi connectivity index (χ2n) is 1.10. The van der Waals surface area contributed by atoms with Gasteiger partial charge in [-0.25, -0.2) is 4.21 Å². The Morgan fingerprint density at radius 3 is 1.78 bits per heavy atom. The number of hydrogen-bond acceptors (Lipinski definition) is 4. The fourth-order valence-corrected chi connectivity index (χ4v) is 0.936. The standard InChI is InChI=1S/CH4O6S2/c2-1(8(3)4)9(5,6)7/h1-2H,(H,3,4)(H,5,6,7). The molecule has 0 spiro atoms. The van der Waals surface area contributed by atoms with Gasteiger partial charge in [-0.3, -0.25) is 4.55 Å². The molecule has 8 heteroatoms. The largest absolute Gasteiger partial charge is 0.363 e. The van der Waals surface area contributed by atoms with Gasteiger partial charge < -0.3 is 9.66 Å². The lowest BCUT2D eigenvalue weighted by Gasteiger charge is -1.98. The van der Waals surface area contributed by atoms with Crippen molar-refractivity contribution in [2.75, 3.05) is 0 Å². The second kappa shape index (κ2) is 2.71. The molecule has 0 radical (unpaired) electrons. The summed E-state index contributed by atoms with van der Waals surface area (Å²) < 4.78 is 42.2. The van der Waals surface area contributed by atoms with Crippen LogP contribution in [0, 0.1) is 0 Å². The first-order valence-electron chi connectivity index (χ1n) is 1.59. The fourth-order valence-electron chi connectivity index (χ4n) is 0.104. The van der Waals surface area contributed by atoms with E-state index in [9.17, 15) is 12.6 Å². The normalized spacial score (nSPS) is 19.0. The fraction of sp³-hybridized carbons (Fsp3) is 1.00. The Kier molecular flexibility index (Phi) is 2.70. The smallest absolute Gasteiger partial charge is 0.307 e. The Balaban J connectivity index is 4.43. The highest BCUT2D eigenvalue weighted by molar-refractivity contribution is 8.00. The predicted molar refractivity (Wildman–Crippen MR) is 28.3 cm³/mol. The van der Waals surface area contributed by atoms with E-state index in [1.165, 1.54) is 0 Å². The molecule has 0 saturated carbocycles. The third kappa shape index (κ3) is 2.87. The molecule has 0 aromatic rings. The minimum Gasteiger partial charge on any atom is -0.363 e. The first kappa shape index (κ1) is 8.98. The number of rotatable bonds is 2. The molecule has 0 aliphatic carbocycles. The molecular weight excluding hydrogens is 172 g/mol. The molecule has 0 aromatic heterocycles. The van der Waals surface area contributed by atoms with Crippen LogP contribution in [0.15, 0.2) is 0 Å². The average Bonchev–Trinajstić information content (AvgIpc) is 1.62. The summed E-state index contributed by atoms with van der Waals surface area (Å²) in [4.78, 5) is 0. The van der Waals surface area contributed by atoms with Gasteiger partial charge >= 0.3 is 10.1 Å². The van der Waals surface area contributed by atoms with E-state index in [2.05, 4.69) is 0 Å². The molecule has 2 atom stereocenters. The molecule has 0 saturated heterocycles. The van der Waals surface area contributed by atoms with Gasteiger partial charge in [0, 0.05) is 0 Å². The van der Waals surface area contributed by atoms with E-state index < -0.39 is 26.0 Å². The molecule has 0 bridgehead atoms. The van der Waals surface area contributed by atoms with Gasteiger partial charge in [0.1, 0.15) is 0 Å². The maximum absolute atomic E-state index is 9.73. The van der Waals surface area contributed by atoms with Crippen LogP contribution in [0.5, 0.6) is 0 Å². The second-order valence-corrected chi connectivity index (χ2v) is 3.87. The van der Waals surface area contributed by atoms with Gasteiger partial charge in [0.2, 0.25) is 11.1 Å². The van der Waals surface area contributed by atoms with Crippen molar-refractivity contribution in [1.82, 2.24) is 0 Å². The van der Waals surface area contributed by atoms with Crippen molar-refractivity contribution in [3.63, 3.8) is 0 Å². The van der Waals surface area contributed by atoms with Gasteiger partial charge in [0.05, 0.1) is 0 Å². The van der Waals surface area contributed by atoms with Crippen LogP contribution in [-0.4, -0.2) is 31.6 Å². The Bertz CT molecular complexity index is 201. The molecule has 0 fully saturated rings. The van der Waals surface area contributed by atoms with E-state index in [0.29, 0.717) is 0 Å². The minimum absolute atomic E-state index is 2.63. The zero-order valence-electron chi connectivity index (χ0n) is 3.96. The van der Waals surface area contributed by atoms with Gasteiger partial charge in [0.15, 0.2) is 0 Å². The van der Waals surface area contributed by atoms with Crippen molar-refractivity contribution in [2.45, 2.75) is 4.77 Å². The summed E-state index contributed by atoms with van der Waals surface area (Å²) in [7, 11) is -4.80. The highest BCUT2D eigenvalue weighted by atomic mass is 32.3. The van der Waals surface area contributed by atoms with Crippen molar-refractivity contribution < 1.29 is 26.8 Å². The quantitative estimate of drug-likeness (QED) is 0.344. The van der Waals surface area contributed by atoms with Gasteiger partial charge in [0.25, 0.3) is 4.77 Å². The van der Waals surface area contributed by atoms with Crippen LogP contribution in [0.4, 0.5) is 0 Å². The molecule has 0 heterocycles. The van der Waals surface area contributed by atoms with Crippen molar-refractivity contribution in [3.8, 4) is 0 Å². The maximum atomic E-state index is 9.73. The molecule has 9 heavy (non-hydrogen) atoms. The summed E-state index contributed by atoms with van der Waals surface area (Å²) in [6.45, 7) is 0. The molecular formula is CH4O6S2. The monoisotopic (exact) mass is 176 g/mol. The number of aliphatic hydroxyl groups excluding tert-OH is 1. The third-order valence-electron chi connectivity index (χ3n) is 0.427. The molecule has 56 valence electrons.